The van der Waals surface area contributed by atoms with E-state index in [1.807, 2.05) is 54.3 Å². The summed E-state index contributed by atoms with van der Waals surface area (Å²) in [4.78, 5) is 44.4. The van der Waals surface area contributed by atoms with Gasteiger partial charge in [-0.25, -0.2) is 19.7 Å². The van der Waals surface area contributed by atoms with Crippen molar-refractivity contribution >= 4 is 40.3 Å². The normalized spacial score (nSPS) is 16.0. The number of ether oxygens (including phenoxy) is 1. The van der Waals surface area contributed by atoms with Crippen LogP contribution in [0.5, 0.6) is 0 Å². The number of urea groups is 1. The monoisotopic (exact) mass is 554 g/mol. The summed E-state index contributed by atoms with van der Waals surface area (Å²) < 4.78 is 5.35. The number of aromatic amines is 1. The van der Waals surface area contributed by atoms with Gasteiger partial charge in [0.25, 0.3) is 5.91 Å². The Kier molecular flexibility index (Phi) is 7.77. The number of fused-ring (bicyclic) bond motifs is 1. The lowest BCUT2D eigenvalue weighted by molar-refractivity contribution is 0.0303. The summed E-state index contributed by atoms with van der Waals surface area (Å²) in [5, 5.41) is 9.47. The topological polar surface area (TPSA) is 137 Å². The predicted octanol–water partition coefficient (Wildman–Crippen LogP) is 5.00. The maximum absolute atomic E-state index is 12.8. The van der Waals surface area contributed by atoms with E-state index in [-0.39, 0.29) is 18.0 Å². The summed E-state index contributed by atoms with van der Waals surface area (Å²) in [6, 6.07) is 13.1. The number of aromatic nitrogens is 4. The van der Waals surface area contributed by atoms with E-state index in [9.17, 15) is 9.59 Å². The molecule has 4 N–H and O–H groups in total. The van der Waals surface area contributed by atoms with Crippen molar-refractivity contribution in [2.45, 2.75) is 45.1 Å². The smallest absolute Gasteiger partial charge is 0.319 e. The van der Waals surface area contributed by atoms with Crippen LogP contribution in [0.1, 0.15) is 48.0 Å². The molecule has 0 bridgehead atoms. The van der Waals surface area contributed by atoms with Crippen LogP contribution >= 0.6 is 0 Å². The van der Waals surface area contributed by atoms with Gasteiger partial charge in [0, 0.05) is 41.6 Å². The van der Waals surface area contributed by atoms with E-state index in [1.54, 1.807) is 6.33 Å². The summed E-state index contributed by atoms with van der Waals surface area (Å²) in [6.07, 6.45) is 7.16. The number of anilines is 3. The van der Waals surface area contributed by atoms with Gasteiger partial charge in [-0.2, -0.15) is 0 Å². The number of H-pyrrole nitrogens is 1. The summed E-state index contributed by atoms with van der Waals surface area (Å²) in [6.45, 7) is 4.27. The van der Waals surface area contributed by atoms with Crippen LogP contribution in [0.2, 0.25) is 0 Å². The molecule has 1 saturated heterocycles. The Morgan fingerprint density at radius 1 is 1.00 bits per heavy atom. The molecule has 2 aliphatic rings. The SMILES string of the molecule is Cc1c(NC(=O)NC2CCCCC2)cccc1-c1nc(Nc2ccc(C(=O)N3CCOCC3)cc2)c2[nH]cnc2n1. The van der Waals surface area contributed by atoms with Crippen LogP contribution < -0.4 is 16.0 Å². The number of nitrogens with one attached hydrogen (secondary N) is 4. The second-order valence-corrected chi connectivity index (χ2v) is 10.5. The molecule has 0 spiro atoms. The summed E-state index contributed by atoms with van der Waals surface area (Å²) in [5.41, 5.74) is 4.94. The van der Waals surface area contributed by atoms with Crippen molar-refractivity contribution in [3.05, 3.63) is 59.9 Å². The van der Waals surface area contributed by atoms with Crippen LogP contribution in [0, 0.1) is 6.92 Å². The second-order valence-electron chi connectivity index (χ2n) is 10.5. The maximum atomic E-state index is 12.8. The standard InChI is InChI=1S/C30H34N8O3/c1-19-23(8-5-9-24(19)35-30(40)34-21-6-3-2-4-7-21)26-36-27-25(31-18-32-27)28(37-26)33-22-12-10-20(11-13-22)29(39)38-14-16-41-17-15-38/h5,8-13,18,21H,2-4,6-7,14-17H2,1H3,(H2,34,35,40)(H2,31,32,33,36,37). The summed E-state index contributed by atoms with van der Waals surface area (Å²) in [5.74, 6) is 1.04. The largest absolute Gasteiger partial charge is 0.378 e. The van der Waals surface area contributed by atoms with Crippen molar-refractivity contribution < 1.29 is 14.3 Å². The molecule has 2 aromatic heterocycles. The van der Waals surface area contributed by atoms with E-state index in [4.69, 9.17) is 9.72 Å². The minimum Gasteiger partial charge on any atom is -0.378 e. The van der Waals surface area contributed by atoms with E-state index in [0.29, 0.717) is 60.4 Å². The Hall–Kier alpha value is -4.51. The van der Waals surface area contributed by atoms with Gasteiger partial charge >= 0.3 is 6.03 Å². The lowest BCUT2D eigenvalue weighted by atomic mass is 9.96. The Labute approximate surface area is 238 Å². The van der Waals surface area contributed by atoms with Gasteiger partial charge in [0.15, 0.2) is 17.3 Å². The molecule has 1 aliphatic heterocycles. The maximum Gasteiger partial charge on any atom is 0.319 e. The van der Waals surface area contributed by atoms with Crippen molar-refractivity contribution in [2.75, 3.05) is 36.9 Å². The van der Waals surface area contributed by atoms with E-state index < -0.39 is 0 Å². The molecule has 212 valence electrons. The van der Waals surface area contributed by atoms with Crippen LogP contribution in [-0.4, -0.2) is 69.1 Å². The lowest BCUT2D eigenvalue weighted by Gasteiger charge is -2.26. The first-order valence-corrected chi connectivity index (χ1v) is 14.2. The van der Waals surface area contributed by atoms with E-state index in [1.165, 1.54) is 6.42 Å². The molecular weight excluding hydrogens is 520 g/mol. The van der Waals surface area contributed by atoms with Gasteiger partial charge in [0.2, 0.25) is 0 Å². The highest BCUT2D eigenvalue weighted by Gasteiger charge is 2.20. The first-order chi connectivity index (χ1) is 20.0. The average Bonchev–Trinajstić information content (AvgIpc) is 3.48. The van der Waals surface area contributed by atoms with Crippen molar-refractivity contribution in [1.29, 1.82) is 0 Å². The van der Waals surface area contributed by atoms with Gasteiger partial charge in [-0.1, -0.05) is 31.4 Å². The first-order valence-electron chi connectivity index (χ1n) is 14.2. The third-order valence-electron chi connectivity index (χ3n) is 7.74. The van der Waals surface area contributed by atoms with Crippen LogP contribution in [0.25, 0.3) is 22.6 Å². The molecule has 41 heavy (non-hydrogen) atoms. The number of carbonyl (C=O) groups excluding carboxylic acids is 2. The fourth-order valence-corrected chi connectivity index (χ4v) is 5.43. The summed E-state index contributed by atoms with van der Waals surface area (Å²) >= 11 is 0. The Balaban J connectivity index is 1.22. The van der Waals surface area contributed by atoms with Gasteiger partial charge in [-0.05, 0) is 55.7 Å². The van der Waals surface area contributed by atoms with Crippen molar-refractivity contribution in [1.82, 2.24) is 30.2 Å². The van der Waals surface area contributed by atoms with E-state index in [0.717, 1.165) is 42.5 Å². The lowest BCUT2D eigenvalue weighted by Crippen LogP contribution is -2.40. The van der Waals surface area contributed by atoms with Gasteiger partial charge in [-0.15, -0.1) is 0 Å². The predicted molar refractivity (Wildman–Crippen MR) is 157 cm³/mol. The third kappa shape index (κ3) is 5.99. The van der Waals surface area contributed by atoms with Crippen molar-refractivity contribution in [3.8, 4) is 11.4 Å². The molecule has 0 unspecified atom stereocenters. The van der Waals surface area contributed by atoms with Crippen LogP contribution in [-0.2, 0) is 4.74 Å². The quantitative estimate of drug-likeness (QED) is 0.263. The number of imidazole rings is 1. The molecular formula is C30H34N8O3. The molecule has 3 amide bonds. The molecule has 0 radical (unpaired) electrons. The molecule has 1 aliphatic carbocycles. The Morgan fingerprint density at radius 3 is 2.56 bits per heavy atom. The van der Waals surface area contributed by atoms with Crippen LogP contribution in [0.4, 0.5) is 22.0 Å². The minimum atomic E-state index is -0.196. The number of morpholine rings is 1. The van der Waals surface area contributed by atoms with Gasteiger partial charge in [0.1, 0.15) is 5.52 Å². The number of carbonyl (C=O) groups is 2. The zero-order valence-corrected chi connectivity index (χ0v) is 23.1. The highest BCUT2D eigenvalue weighted by atomic mass is 16.5. The molecule has 0 atom stereocenters. The number of amides is 3. The third-order valence-corrected chi connectivity index (χ3v) is 7.74. The molecule has 6 rings (SSSR count). The second kappa shape index (κ2) is 11.9. The number of hydrogen-bond donors (Lipinski definition) is 4. The number of hydrogen-bond acceptors (Lipinski definition) is 7. The average molecular weight is 555 g/mol. The zero-order valence-electron chi connectivity index (χ0n) is 23.1. The van der Waals surface area contributed by atoms with Gasteiger partial charge in [0.05, 0.1) is 19.5 Å². The zero-order chi connectivity index (χ0) is 28.2. The molecule has 2 aromatic carbocycles. The first kappa shape index (κ1) is 26.7. The number of benzene rings is 2. The summed E-state index contributed by atoms with van der Waals surface area (Å²) in [7, 11) is 0. The Morgan fingerprint density at radius 2 is 1.78 bits per heavy atom. The molecule has 1 saturated carbocycles. The van der Waals surface area contributed by atoms with Crippen LogP contribution in [0.15, 0.2) is 48.8 Å². The highest BCUT2D eigenvalue weighted by Crippen LogP contribution is 2.30. The minimum absolute atomic E-state index is 0.00322. The van der Waals surface area contributed by atoms with E-state index >= 15 is 0 Å². The highest BCUT2D eigenvalue weighted by molar-refractivity contribution is 5.95. The molecule has 11 nitrogen and oxygen atoms in total. The van der Waals surface area contributed by atoms with Gasteiger partial charge in [-0.3, -0.25) is 4.79 Å². The van der Waals surface area contributed by atoms with Crippen molar-refractivity contribution in [2.24, 2.45) is 0 Å². The van der Waals surface area contributed by atoms with Crippen molar-refractivity contribution in [3.63, 3.8) is 0 Å². The number of rotatable bonds is 6. The van der Waals surface area contributed by atoms with Gasteiger partial charge < -0.3 is 30.6 Å². The molecule has 11 heteroatoms. The number of nitrogens with zero attached hydrogens (tertiary/aromatic N) is 4. The fourth-order valence-electron chi connectivity index (χ4n) is 5.43. The molecule has 4 aromatic rings. The fraction of sp³-hybridized carbons (Fsp3) is 0.367. The van der Waals surface area contributed by atoms with Crippen LogP contribution in [0.3, 0.4) is 0 Å². The van der Waals surface area contributed by atoms with E-state index in [2.05, 4.69) is 30.9 Å². The molecule has 3 heterocycles. The Bertz CT molecular complexity index is 1540. The molecule has 2 fully saturated rings.